The van der Waals surface area contributed by atoms with Crippen molar-refractivity contribution >= 4 is 14.3 Å². The highest BCUT2D eigenvalue weighted by atomic mass is 28.4. The Bertz CT molecular complexity index is 368. The van der Waals surface area contributed by atoms with Crippen molar-refractivity contribution in [2.24, 2.45) is 11.3 Å². The van der Waals surface area contributed by atoms with E-state index in [1.54, 1.807) is 0 Å². The molecule has 0 saturated heterocycles. The third-order valence-electron chi connectivity index (χ3n) is 5.48. The van der Waals surface area contributed by atoms with Crippen LogP contribution < -0.4 is 0 Å². The van der Waals surface area contributed by atoms with E-state index >= 15 is 0 Å². The largest absolute Gasteiger partial charge is 0.469 e. The Morgan fingerprint density at radius 1 is 1.21 bits per heavy atom. The van der Waals surface area contributed by atoms with Crippen molar-refractivity contribution in [3.63, 3.8) is 0 Å². The first-order valence-electron chi connectivity index (χ1n) is 7.06. The summed E-state index contributed by atoms with van der Waals surface area (Å²) < 4.78 is 11.6. The molecule has 1 rings (SSSR count). The maximum absolute atomic E-state index is 11.9. The lowest BCUT2D eigenvalue weighted by Gasteiger charge is -2.61. The van der Waals surface area contributed by atoms with Crippen LogP contribution in [0, 0.1) is 11.3 Å². The Labute approximate surface area is 119 Å². The Morgan fingerprint density at radius 2 is 1.68 bits per heavy atom. The van der Waals surface area contributed by atoms with Crippen LogP contribution in [0.25, 0.3) is 0 Å². The van der Waals surface area contributed by atoms with Crippen LogP contribution in [0.5, 0.6) is 0 Å². The van der Waals surface area contributed by atoms with E-state index in [2.05, 4.69) is 54.6 Å². The fraction of sp³-hybridized carbons (Fsp3) is 0.933. The van der Waals surface area contributed by atoms with Gasteiger partial charge in [-0.3, -0.25) is 4.79 Å². The van der Waals surface area contributed by atoms with E-state index in [0.29, 0.717) is 0 Å². The maximum atomic E-state index is 11.9. The molecule has 112 valence electrons. The molecule has 1 aliphatic rings. The SMILES string of the molecule is COC(=O)C1CC(C)(C)[C@@]1(C)O[Si](C)(C)C(C)(C)C. The predicted octanol–water partition coefficient (Wildman–Crippen LogP) is 3.99. The smallest absolute Gasteiger partial charge is 0.311 e. The number of esters is 1. The molecule has 1 saturated carbocycles. The summed E-state index contributed by atoms with van der Waals surface area (Å²) >= 11 is 0. The van der Waals surface area contributed by atoms with Gasteiger partial charge in [0.1, 0.15) is 0 Å². The van der Waals surface area contributed by atoms with Crippen LogP contribution in [-0.2, 0) is 14.0 Å². The third kappa shape index (κ3) is 2.61. The second-order valence-electron chi connectivity index (χ2n) is 8.13. The molecule has 0 aromatic heterocycles. The van der Waals surface area contributed by atoms with Gasteiger partial charge in [-0.25, -0.2) is 0 Å². The van der Waals surface area contributed by atoms with Crippen LogP contribution in [0.4, 0.5) is 0 Å². The summed E-state index contributed by atoms with van der Waals surface area (Å²) in [6.07, 6.45) is 0.838. The van der Waals surface area contributed by atoms with Gasteiger partial charge in [-0.15, -0.1) is 0 Å². The summed E-state index contributed by atoms with van der Waals surface area (Å²) in [6.45, 7) is 17.6. The van der Waals surface area contributed by atoms with Crippen LogP contribution in [-0.4, -0.2) is 27.0 Å². The van der Waals surface area contributed by atoms with E-state index in [1.165, 1.54) is 7.11 Å². The van der Waals surface area contributed by atoms with Gasteiger partial charge in [0.25, 0.3) is 0 Å². The number of hydrogen-bond donors (Lipinski definition) is 0. The third-order valence-corrected chi connectivity index (χ3v) is 10.0. The van der Waals surface area contributed by atoms with Gasteiger partial charge in [0.15, 0.2) is 8.32 Å². The minimum absolute atomic E-state index is 0.0153. The number of ether oxygens (including phenoxy) is 1. The molecule has 1 aliphatic carbocycles. The molecule has 0 spiro atoms. The topological polar surface area (TPSA) is 35.5 Å². The van der Waals surface area contributed by atoms with E-state index in [4.69, 9.17) is 9.16 Å². The zero-order valence-corrected chi connectivity index (χ0v) is 15.0. The van der Waals surface area contributed by atoms with Crippen LogP contribution in [0.1, 0.15) is 48.0 Å². The highest BCUT2D eigenvalue weighted by molar-refractivity contribution is 6.74. The van der Waals surface area contributed by atoms with Gasteiger partial charge in [0.2, 0.25) is 0 Å². The maximum Gasteiger partial charge on any atom is 0.311 e. The highest BCUT2D eigenvalue weighted by Crippen LogP contribution is 2.58. The number of rotatable bonds is 3. The van der Waals surface area contributed by atoms with Crippen molar-refractivity contribution in [3.05, 3.63) is 0 Å². The summed E-state index contributed by atoms with van der Waals surface area (Å²) in [5, 5.41) is 0.141. The Balaban J connectivity index is 3.03. The second-order valence-corrected chi connectivity index (χ2v) is 12.9. The van der Waals surface area contributed by atoms with Crippen LogP contribution in [0.3, 0.4) is 0 Å². The molecule has 0 heterocycles. The van der Waals surface area contributed by atoms with E-state index in [1.807, 2.05) is 0 Å². The van der Waals surface area contributed by atoms with Crippen molar-refractivity contribution in [2.45, 2.75) is 71.7 Å². The van der Waals surface area contributed by atoms with Gasteiger partial charge < -0.3 is 9.16 Å². The highest BCUT2D eigenvalue weighted by Gasteiger charge is 2.64. The molecule has 19 heavy (non-hydrogen) atoms. The normalized spacial score (nSPS) is 30.7. The van der Waals surface area contributed by atoms with Gasteiger partial charge in [-0.2, -0.15) is 0 Å². The molecule has 0 bridgehead atoms. The summed E-state index contributed by atoms with van der Waals surface area (Å²) in [5.74, 6) is -0.276. The zero-order chi connectivity index (χ0) is 15.3. The minimum Gasteiger partial charge on any atom is -0.469 e. The molecule has 1 unspecified atom stereocenters. The standard InChI is InChI=1S/C15H30O3Si/c1-13(2,3)19(8,9)18-15(6)11(12(16)17-7)10-14(15,4)5/h11H,10H2,1-9H3/t11?,15-/m0/s1. The fourth-order valence-corrected chi connectivity index (χ4v) is 4.38. The van der Waals surface area contributed by atoms with Gasteiger partial charge in [-0.1, -0.05) is 34.6 Å². The average molecular weight is 286 g/mol. The monoisotopic (exact) mass is 286 g/mol. The van der Waals surface area contributed by atoms with Crippen LogP contribution in [0.2, 0.25) is 18.1 Å². The van der Waals surface area contributed by atoms with Crippen molar-refractivity contribution in [1.82, 2.24) is 0 Å². The Kier molecular flexibility index (Phi) is 4.03. The first-order valence-corrected chi connectivity index (χ1v) is 9.97. The van der Waals surface area contributed by atoms with Crippen LogP contribution in [0.15, 0.2) is 0 Å². The summed E-state index contributed by atoms with van der Waals surface area (Å²) in [6, 6.07) is 0. The first-order chi connectivity index (χ1) is 8.28. The molecule has 0 amide bonds. The molecule has 3 nitrogen and oxygen atoms in total. The zero-order valence-electron chi connectivity index (χ0n) is 14.0. The van der Waals surface area contributed by atoms with Crippen molar-refractivity contribution in [3.8, 4) is 0 Å². The number of hydrogen-bond acceptors (Lipinski definition) is 3. The molecule has 4 heteroatoms. The number of carbonyl (C=O) groups excluding carboxylic acids is 1. The summed E-state index contributed by atoms with van der Waals surface area (Å²) in [5.41, 5.74) is -0.398. The molecular formula is C15H30O3Si. The van der Waals surface area contributed by atoms with Gasteiger partial charge in [0, 0.05) is 0 Å². The number of carbonyl (C=O) groups is 1. The Morgan fingerprint density at radius 3 is 2.00 bits per heavy atom. The van der Waals surface area contributed by atoms with Crippen molar-refractivity contribution in [2.75, 3.05) is 7.11 Å². The van der Waals surface area contributed by atoms with E-state index in [0.717, 1.165) is 6.42 Å². The lowest BCUT2D eigenvalue weighted by atomic mass is 9.53. The van der Waals surface area contributed by atoms with E-state index in [9.17, 15) is 4.79 Å². The van der Waals surface area contributed by atoms with Crippen molar-refractivity contribution < 1.29 is 14.0 Å². The predicted molar refractivity (Wildman–Crippen MR) is 80.6 cm³/mol. The quantitative estimate of drug-likeness (QED) is 0.581. The molecular weight excluding hydrogens is 256 g/mol. The van der Waals surface area contributed by atoms with Crippen LogP contribution >= 0.6 is 0 Å². The van der Waals surface area contributed by atoms with Crippen molar-refractivity contribution in [1.29, 1.82) is 0 Å². The molecule has 0 aromatic rings. The fourth-order valence-electron chi connectivity index (χ4n) is 2.59. The van der Waals surface area contributed by atoms with Gasteiger partial charge in [-0.05, 0) is 36.9 Å². The minimum atomic E-state index is -1.91. The molecule has 0 aliphatic heterocycles. The molecule has 1 fully saturated rings. The molecule has 0 aromatic carbocycles. The molecule has 0 radical (unpaired) electrons. The Hall–Kier alpha value is -0.353. The molecule has 0 N–H and O–H groups in total. The van der Waals surface area contributed by atoms with E-state index < -0.39 is 13.9 Å². The average Bonchev–Trinajstić information content (AvgIpc) is 2.22. The van der Waals surface area contributed by atoms with Gasteiger partial charge in [0.05, 0.1) is 18.6 Å². The number of methoxy groups -OCH3 is 1. The summed E-state index contributed by atoms with van der Waals surface area (Å²) in [4.78, 5) is 11.9. The van der Waals surface area contributed by atoms with Gasteiger partial charge >= 0.3 is 5.97 Å². The lowest BCUT2D eigenvalue weighted by molar-refractivity contribution is -0.201. The second kappa shape index (κ2) is 4.59. The summed E-state index contributed by atoms with van der Waals surface area (Å²) in [7, 11) is -0.448. The molecule has 2 atom stereocenters. The lowest BCUT2D eigenvalue weighted by Crippen LogP contribution is -2.67. The van der Waals surface area contributed by atoms with E-state index in [-0.39, 0.29) is 22.3 Å². The first kappa shape index (κ1) is 16.7.